The van der Waals surface area contributed by atoms with Crippen LogP contribution in [0.4, 0.5) is 0 Å². The van der Waals surface area contributed by atoms with Crippen molar-refractivity contribution in [2.75, 3.05) is 0 Å². The topological polar surface area (TPSA) is 46.5 Å². The first-order valence-electron chi connectivity index (χ1n) is 5.85. The minimum atomic E-state index is -0.919. The van der Waals surface area contributed by atoms with Crippen LogP contribution >= 0.6 is 0 Å². The fourth-order valence-corrected chi connectivity index (χ4v) is 2.08. The zero-order valence-electron chi connectivity index (χ0n) is 10.0. The lowest BCUT2D eigenvalue weighted by Gasteiger charge is -2.39. The summed E-state index contributed by atoms with van der Waals surface area (Å²) < 4.78 is 5.88. The van der Waals surface area contributed by atoms with E-state index >= 15 is 0 Å². The first kappa shape index (κ1) is 12.5. The number of aliphatic carboxylic acids is 1. The van der Waals surface area contributed by atoms with E-state index in [1.807, 2.05) is 20.8 Å². The Bertz CT molecular complexity index is 227. The molecule has 1 rings (SSSR count). The largest absolute Gasteiger partial charge is 0.479 e. The first-order chi connectivity index (χ1) is 6.92. The summed E-state index contributed by atoms with van der Waals surface area (Å²) in [6, 6.07) is 0. The smallest absolute Gasteiger partial charge is 0.335 e. The van der Waals surface area contributed by atoms with Gasteiger partial charge in [-0.3, -0.25) is 0 Å². The highest BCUT2D eigenvalue weighted by molar-refractivity contribution is 5.77. The number of rotatable bonds is 4. The van der Waals surface area contributed by atoms with Gasteiger partial charge in [-0.25, -0.2) is 4.79 Å². The molecule has 3 heteroatoms. The Hall–Kier alpha value is -0.570. The SMILES string of the molecule is CCC(C)(C)OC1(C(=O)O)CCCCC1. The van der Waals surface area contributed by atoms with Crippen molar-refractivity contribution in [2.24, 2.45) is 0 Å². The van der Waals surface area contributed by atoms with Crippen molar-refractivity contribution in [1.29, 1.82) is 0 Å². The summed E-state index contributed by atoms with van der Waals surface area (Å²) in [7, 11) is 0. The molecule has 0 saturated heterocycles. The highest BCUT2D eigenvalue weighted by Crippen LogP contribution is 2.36. The van der Waals surface area contributed by atoms with E-state index in [0.717, 1.165) is 25.7 Å². The van der Waals surface area contributed by atoms with Crippen LogP contribution in [0.1, 0.15) is 59.3 Å². The van der Waals surface area contributed by atoms with Crippen LogP contribution in [0, 0.1) is 0 Å². The van der Waals surface area contributed by atoms with Crippen molar-refractivity contribution < 1.29 is 14.6 Å². The number of ether oxygens (including phenoxy) is 1. The summed E-state index contributed by atoms with van der Waals surface area (Å²) in [6.45, 7) is 5.96. The minimum Gasteiger partial charge on any atom is -0.479 e. The molecule has 0 atom stereocenters. The third kappa shape index (κ3) is 2.94. The molecule has 1 N–H and O–H groups in total. The molecule has 0 aliphatic heterocycles. The molecule has 0 bridgehead atoms. The van der Waals surface area contributed by atoms with Gasteiger partial charge in [-0.1, -0.05) is 13.3 Å². The standard InChI is InChI=1S/C12H22O3/c1-4-11(2,3)15-12(10(13)14)8-6-5-7-9-12/h4-9H2,1-3H3,(H,13,14). The lowest BCUT2D eigenvalue weighted by atomic mass is 9.84. The molecule has 0 unspecified atom stereocenters. The molecule has 1 fully saturated rings. The Morgan fingerprint density at radius 2 is 1.87 bits per heavy atom. The molecular weight excluding hydrogens is 192 g/mol. The fourth-order valence-electron chi connectivity index (χ4n) is 2.08. The summed E-state index contributed by atoms with van der Waals surface area (Å²) in [6.07, 6.45) is 5.21. The maximum absolute atomic E-state index is 11.3. The Labute approximate surface area is 91.8 Å². The molecule has 0 aromatic rings. The molecule has 88 valence electrons. The van der Waals surface area contributed by atoms with E-state index in [0.29, 0.717) is 12.8 Å². The molecule has 0 aromatic heterocycles. The lowest BCUT2D eigenvalue weighted by Crippen LogP contribution is -2.48. The highest BCUT2D eigenvalue weighted by atomic mass is 16.5. The van der Waals surface area contributed by atoms with E-state index in [9.17, 15) is 9.90 Å². The second kappa shape index (κ2) is 4.52. The summed E-state index contributed by atoms with van der Waals surface area (Å²) in [5.74, 6) is -0.788. The van der Waals surface area contributed by atoms with E-state index in [2.05, 4.69) is 0 Å². The van der Waals surface area contributed by atoms with Crippen molar-refractivity contribution in [3.8, 4) is 0 Å². The Kier molecular flexibility index (Phi) is 3.77. The van der Waals surface area contributed by atoms with Crippen molar-refractivity contribution in [3.05, 3.63) is 0 Å². The molecule has 0 heterocycles. The quantitative estimate of drug-likeness (QED) is 0.782. The number of carbonyl (C=O) groups is 1. The summed E-state index contributed by atoms with van der Waals surface area (Å²) in [4.78, 5) is 11.3. The van der Waals surface area contributed by atoms with Crippen LogP contribution in [0.25, 0.3) is 0 Å². The zero-order valence-corrected chi connectivity index (χ0v) is 10.0. The normalized spacial score (nSPS) is 21.3. The molecule has 3 nitrogen and oxygen atoms in total. The molecule has 1 aliphatic carbocycles. The number of hydrogen-bond donors (Lipinski definition) is 1. The van der Waals surface area contributed by atoms with Crippen molar-refractivity contribution in [1.82, 2.24) is 0 Å². The summed E-state index contributed by atoms with van der Waals surface area (Å²) >= 11 is 0. The Morgan fingerprint density at radius 3 is 2.27 bits per heavy atom. The van der Waals surface area contributed by atoms with Gasteiger partial charge < -0.3 is 9.84 Å². The molecular formula is C12H22O3. The molecule has 15 heavy (non-hydrogen) atoms. The van der Waals surface area contributed by atoms with E-state index in [1.54, 1.807) is 0 Å². The lowest BCUT2D eigenvalue weighted by molar-refractivity contribution is -0.195. The monoisotopic (exact) mass is 214 g/mol. The van der Waals surface area contributed by atoms with Gasteiger partial charge in [-0.2, -0.15) is 0 Å². The van der Waals surface area contributed by atoms with Crippen molar-refractivity contribution >= 4 is 5.97 Å². The van der Waals surface area contributed by atoms with Gasteiger partial charge in [0.15, 0.2) is 5.60 Å². The van der Waals surface area contributed by atoms with Crippen LogP contribution in [0.3, 0.4) is 0 Å². The van der Waals surface area contributed by atoms with E-state index in [4.69, 9.17) is 4.74 Å². The average molecular weight is 214 g/mol. The summed E-state index contributed by atoms with van der Waals surface area (Å²) in [5.41, 5.74) is -1.26. The molecule has 0 amide bonds. The number of carboxylic acids is 1. The van der Waals surface area contributed by atoms with Gasteiger partial charge in [-0.15, -0.1) is 0 Å². The average Bonchev–Trinajstić information content (AvgIpc) is 2.18. The summed E-state index contributed by atoms with van der Waals surface area (Å²) in [5, 5.41) is 9.32. The minimum absolute atomic E-state index is 0.338. The van der Waals surface area contributed by atoms with Crippen LogP contribution in [0.2, 0.25) is 0 Å². The second-order valence-electron chi connectivity index (χ2n) is 5.08. The maximum atomic E-state index is 11.3. The molecule has 1 aliphatic rings. The Morgan fingerprint density at radius 1 is 1.33 bits per heavy atom. The number of carboxylic acid groups (broad SMARTS) is 1. The van der Waals surface area contributed by atoms with Crippen LogP contribution < -0.4 is 0 Å². The van der Waals surface area contributed by atoms with Crippen LogP contribution in [-0.4, -0.2) is 22.3 Å². The van der Waals surface area contributed by atoms with E-state index in [-0.39, 0.29) is 5.60 Å². The van der Waals surface area contributed by atoms with Gasteiger partial charge in [0.1, 0.15) is 0 Å². The van der Waals surface area contributed by atoms with Gasteiger partial charge in [0, 0.05) is 0 Å². The zero-order chi connectivity index (χ0) is 11.5. The van der Waals surface area contributed by atoms with E-state index in [1.165, 1.54) is 0 Å². The van der Waals surface area contributed by atoms with Gasteiger partial charge in [0.05, 0.1) is 5.60 Å². The fraction of sp³-hybridized carbons (Fsp3) is 0.917. The highest BCUT2D eigenvalue weighted by Gasteiger charge is 2.44. The molecule has 0 radical (unpaired) electrons. The van der Waals surface area contributed by atoms with E-state index < -0.39 is 11.6 Å². The van der Waals surface area contributed by atoms with Crippen LogP contribution in [-0.2, 0) is 9.53 Å². The molecule has 1 saturated carbocycles. The van der Waals surface area contributed by atoms with Crippen molar-refractivity contribution in [2.45, 2.75) is 70.5 Å². The maximum Gasteiger partial charge on any atom is 0.335 e. The second-order valence-corrected chi connectivity index (χ2v) is 5.08. The third-order valence-electron chi connectivity index (χ3n) is 3.37. The van der Waals surface area contributed by atoms with Crippen LogP contribution in [0.5, 0.6) is 0 Å². The predicted octanol–water partition coefficient (Wildman–Crippen LogP) is 2.98. The first-order valence-corrected chi connectivity index (χ1v) is 5.85. The predicted molar refractivity (Wildman–Crippen MR) is 58.9 cm³/mol. The Balaban J connectivity index is 2.77. The number of hydrogen-bond acceptors (Lipinski definition) is 2. The van der Waals surface area contributed by atoms with Gasteiger partial charge >= 0.3 is 5.97 Å². The van der Waals surface area contributed by atoms with Gasteiger partial charge in [0.2, 0.25) is 0 Å². The molecule has 0 spiro atoms. The van der Waals surface area contributed by atoms with Crippen molar-refractivity contribution in [3.63, 3.8) is 0 Å². The molecule has 0 aromatic carbocycles. The van der Waals surface area contributed by atoms with Gasteiger partial charge in [-0.05, 0) is 46.0 Å². The van der Waals surface area contributed by atoms with Gasteiger partial charge in [0.25, 0.3) is 0 Å². The third-order valence-corrected chi connectivity index (χ3v) is 3.37. The van der Waals surface area contributed by atoms with Crippen LogP contribution in [0.15, 0.2) is 0 Å².